The van der Waals surface area contributed by atoms with E-state index in [2.05, 4.69) is 0 Å². The van der Waals surface area contributed by atoms with Crippen molar-refractivity contribution in [1.82, 2.24) is 0 Å². The van der Waals surface area contributed by atoms with E-state index in [0.717, 1.165) is 0 Å². The average Bonchev–Trinajstić information content (AvgIpc) is 2.58. The van der Waals surface area contributed by atoms with Gasteiger partial charge in [-0.05, 0) is 24.6 Å². The Morgan fingerprint density at radius 1 is 1.41 bits per heavy atom. The SMILES string of the molecule is Nc1cccc(C(=O)OC2CCS(=O)(=O)C2)c1. The Morgan fingerprint density at radius 2 is 2.18 bits per heavy atom. The molecule has 1 aromatic rings. The minimum Gasteiger partial charge on any atom is -0.458 e. The fourth-order valence-corrected chi connectivity index (χ4v) is 3.33. The van der Waals surface area contributed by atoms with Crippen LogP contribution in [0.4, 0.5) is 5.69 Å². The zero-order valence-corrected chi connectivity index (χ0v) is 9.94. The van der Waals surface area contributed by atoms with Gasteiger partial charge >= 0.3 is 5.97 Å². The first-order valence-electron chi connectivity index (χ1n) is 5.23. The molecule has 17 heavy (non-hydrogen) atoms. The van der Waals surface area contributed by atoms with Crippen LogP contribution in [0.25, 0.3) is 0 Å². The minimum absolute atomic E-state index is 0.0823. The van der Waals surface area contributed by atoms with Gasteiger partial charge in [-0.25, -0.2) is 13.2 Å². The van der Waals surface area contributed by atoms with Crippen molar-refractivity contribution in [3.8, 4) is 0 Å². The van der Waals surface area contributed by atoms with Crippen molar-refractivity contribution in [2.45, 2.75) is 12.5 Å². The Labute approximate surface area is 99.5 Å². The van der Waals surface area contributed by atoms with Crippen LogP contribution in [-0.4, -0.2) is 32.0 Å². The van der Waals surface area contributed by atoms with Gasteiger partial charge in [-0.1, -0.05) is 6.07 Å². The van der Waals surface area contributed by atoms with Gasteiger partial charge in [0, 0.05) is 5.69 Å². The lowest BCUT2D eigenvalue weighted by Gasteiger charge is -2.10. The molecule has 0 spiro atoms. The molecule has 1 unspecified atom stereocenters. The molecule has 0 bridgehead atoms. The molecule has 1 heterocycles. The summed E-state index contributed by atoms with van der Waals surface area (Å²) in [7, 11) is -3.03. The molecule has 1 atom stereocenters. The molecule has 2 N–H and O–H groups in total. The molecule has 6 heteroatoms. The van der Waals surface area contributed by atoms with Crippen LogP contribution in [-0.2, 0) is 14.6 Å². The Kier molecular flexibility index (Phi) is 3.06. The molecule has 1 aromatic carbocycles. The maximum atomic E-state index is 11.7. The van der Waals surface area contributed by atoms with Crippen LogP contribution in [0.3, 0.4) is 0 Å². The molecule has 0 aliphatic carbocycles. The highest BCUT2D eigenvalue weighted by molar-refractivity contribution is 7.91. The number of anilines is 1. The Bertz CT molecular complexity index is 538. The summed E-state index contributed by atoms with van der Waals surface area (Å²) in [5, 5.41) is 0. The van der Waals surface area contributed by atoms with E-state index >= 15 is 0 Å². The van der Waals surface area contributed by atoms with Crippen LogP contribution in [0.2, 0.25) is 0 Å². The van der Waals surface area contributed by atoms with Gasteiger partial charge in [0.05, 0.1) is 17.1 Å². The summed E-state index contributed by atoms with van der Waals surface area (Å²) in [5.41, 5.74) is 6.36. The molecule has 1 fully saturated rings. The van der Waals surface area contributed by atoms with Crippen LogP contribution in [0.5, 0.6) is 0 Å². The molecule has 1 aliphatic rings. The van der Waals surface area contributed by atoms with E-state index in [9.17, 15) is 13.2 Å². The Morgan fingerprint density at radius 3 is 2.76 bits per heavy atom. The fraction of sp³-hybridized carbons (Fsp3) is 0.364. The molecule has 1 aliphatic heterocycles. The third-order valence-electron chi connectivity index (χ3n) is 2.59. The number of hydrogen-bond donors (Lipinski definition) is 1. The van der Waals surface area contributed by atoms with Crippen LogP contribution in [0.15, 0.2) is 24.3 Å². The zero-order chi connectivity index (χ0) is 12.5. The number of carbonyl (C=O) groups is 1. The van der Waals surface area contributed by atoms with Crippen molar-refractivity contribution >= 4 is 21.5 Å². The summed E-state index contributed by atoms with van der Waals surface area (Å²) >= 11 is 0. The number of sulfone groups is 1. The van der Waals surface area contributed by atoms with E-state index in [-0.39, 0.29) is 11.5 Å². The summed E-state index contributed by atoms with van der Waals surface area (Å²) in [4.78, 5) is 11.7. The maximum absolute atomic E-state index is 11.7. The quantitative estimate of drug-likeness (QED) is 0.618. The predicted octanol–water partition coefficient (Wildman–Crippen LogP) is 0.613. The van der Waals surface area contributed by atoms with Crippen molar-refractivity contribution < 1.29 is 17.9 Å². The van der Waals surface area contributed by atoms with Gasteiger partial charge in [-0.2, -0.15) is 0 Å². The lowest BCUT2D eigenvalue weighted by Crippen LogP contribution is -2.19. The van der Waals surface area contributed by atoms with Crippen molar-refractivity contribution in [3.05, 3.63) is 29.8 Å². The molecular formula is C11H13NO4S. The molecule has 0 radical (unpaired) electrons. The van der Waals surface area contributed by atoms with Crippen LogP contribution >= 0.6 is 0 Å². The highest BCUT2D eigenvalue weighted by atomic mass is 32.2. The monoisotopic (exact) mass is 255 g/mol. The third kappa shape index (κ3) is 2.97. The summed E-state index contributed by atoms with van der Waals surface area (Å²) in [6, 6.07) is 6.40. The van der Waals surface area contributed by atoms with Gasteiger partial charge in [-0.15, -0.1) is 0 Å². The minimum atomic E-state index is -3.03. The number of rotatable bonds is 2. The number of esters is 1. The number of benzene rings is 1. The lowest BCUT2D eigenvalue weighted by molar-refractivity contribution is 0.0356. The van der Waals surface area contributed by atoms with Crippen molar-refractivity contribution in [2.24, 2.45) is 0 Å². The van der Waals surface area contributed by atoms with Gasteiger partial charge in [0.2, 0.25) is 0 Å². The van der Waals surface area contributed by atoms with E-state index in [1.165, 1.54) is 6.07 Å². The fourth-order valence-electron chi connectivity index (χ4n) is 1.74. The summed E-state index contributed by atoms with van der Waals surface area (Å²) in [6.07, 6.45) is -0.162. The van der Waals surface area contributed by atoms with E-state index in [1.54, 1.807) is 18.2 Å². The molecule has 92 valence electrons. The van der Waals surface area contributed by atoms with Gasteiger partial charge in [0.25, 0.3) is 0 Å². The molecule has 2 rings (SSSR count). The lowest BCUT2D eigenvalue weighted by atomic mass is 10.2. The second-order valence-corrected chi connectivity index (χ2v) is 6.28. The number of nitrogens with two attached hydrogens (primary N) is 1. The van der Waals surface area contributed by atoms with Crippen molar-refractivity contribution in [3.63, 3.8) is 0 Å². The summed E-state index contributed by atoms with van der Waals surface area (Å²) in [5.74, 6) is -0.525. The molecule has 0 amide bonds. The van der Waals surface area contributed by atoms with Gasteiger partial charge in [0.1, 0.15) is 6.10 Å². The second kappa shape index (κ2) is 4.37. The average molecular weight is 255 g/mol. The smallest absolute Gasteiger partial charge is 0.338 e. The highest BCUT2D eigenvalue weighted by Crippen LogP contribution is 2.17. The molecule has 0 saturated carbocycles. The largest absolute Gasteiger partial charge is 0.458 e. The Hall–Kier alpha value is -1.56. The number of hydrogen-bond acceptors (Lipinski definition) is 5. The van der Waals surface area contributed by atoms with E-state index in [0.29, 0.717) is 17.7 Å². The second-order valence-electron chi connectivity index (χ2n) is 4.06. The van der Waals surface area contributed by atoms with Crippen LogP contribution in [0.1, 0.15) is 16.8 Å². The van der Waals surface area contributed by atoms with E-state index in [1.807, 2.05) is 0 Å². The first-order chi connectivity index (χ1) is 7.96. The summed E-state index contributed by atoms with van der Waals surface area (Å²) < 4.78 is 27.5. The Balaban J connectivity index is 2.03. The third-order valence-corrected chi connectivity index (χ3v) is 4.32. The summed E-state index contributed by atoms with van der Waals surface area (Å²) in [6.45, 7) is 0. The van der Waals surface area contributed by atoms with Crippen LogP contribution in [0, 0.1) is 0 Å². The van der Waals surface area contributed by atoms with Gasteiger partial charge in [-0.3, -0.25) is 0 Å². The molecular weight excluding hydrogens is 242 g/mol. The molecule has 1 saturated heterocycles. The molecule has 0 aromatic heterocycles. The number of nitrogen functional groups attached to an aromatic ring is 1. The highest BCUT2D eigenvalue weighted by Gasteiger charge is 2.30. The standard InChI is InChI=1S/C11H13NO4S/c12-9-3-1-2-8(6-9)11(13)16-10-4-5-17(14,15)7-10/h1-3,6,10H,4-5,7,12H2. The van der Waals surface area contributed by atoms with Gasteiger partial charge in [0.15, 0.2) is 9.84 Å². The van der Waals surface area contributed by atoms with Gasteiger partial charge < -0.3 is 10.5 Å². The predicted molar refractivity (Wildman–Crippen MR) is 63.3 cm³/mol. The first kappa shape index (κ1) is 11.9. The normalized spacial score (nSPS) is 22.2. The first-order valence-corrected chi connectivity index (χ1v) is 7.05. The molecule has 5 nitrogen and oxygen atoms in total. The van der Waals surface area contributed by atoms with E-state index in [4.69, 9.17) is 10.5 Å². The number of ether oxygens (including phenoxy) is 1. The van der Waals surface area contributed by atoms with Crippen molar-refractivity contribution in [1.29, 1.82) is 0 Å². The van der Waals surface area contributed by atoms with E-state index < -0.39 is 21.9 Å². The zero-order valence-electron chi connectivity index (χ0n) is 9.13. The topological polar surface area (TPSA) is 86.5 Å². The number of carbonyl (C=O) groups excluding carboxylic acids is 1. The van der Waals surface area contributed by atoms with Crippen molar-refractivity contribution in [2.75, 3.05) is 17.2 Å². The van der Waals surface area contributed by atoms with Crippen LogP contribution < -0.4 is 5.73 Å². The maximum Gasteiger partial charge on any atom is 0.338 e.